The second kappa shape index (κ2) is 8.40. The van der Waals surface area contributed by atoms with Crippen LogP contribution in [0.3, 0.4) is 0 Å². The van der Waals surface area contributed by atoms with Crippen LogP contribution in [0.15, 0.2) is 60.7 Å². The van der Waals surface area contributed by atoms with Crippen molar-refractivity contribution >= 4 is 29.0 Å². The zero-order valence-corrected chi connectivity index (χ0v) is 14.5. The Morgan fingerprint density at radius 3 is 2.54 bits per heavy atom. The van der Waals surface area contributed by atoms with Crippen molar-refractivity contribution in [1.29, 1.82) is 0 Å². The molecule has 3 rings (SSSR count). The molecule has 26 heavy (non-hydrogen) atoms. The monoisotopic (exact) mass is 370 g/mol. The average molecular weight is 371 g/mol. The lowest BCUT2D eigenvalue weighted by molar-refractivity contribution is 0.0948. The standard InChI is InChI=1S/C19H16ClFN4O/c20-14-2-1-3-16(12-14)23-18-9-8-17(24-25-18)19(26)22-11-10-13-4-6-15(21)7-5-13/h1-9,12H,10-11H2,(H,22,26)(H,23,25). The summed E-state index contributed by atoms with van der Waals surface area (Å²) >= 11 is 5.93. The molecule has 0 aliphatic carbocycles. The maximum atomic E-state index is 12.9. The number of nitrogens with zero attached hydrogens (tertiary/aromatic N) is 2. The number of carbonyl (C=O) groups is 1. The van der Waals surface area contributed by atoms with E-state index in [1.165, 1.54) is 12.1 Å². The third kappa shape index (κ3) is 5.00. The number of carbonyl (C=O) groups excluding carboxylic acids is 1. The lowest BCUT2D eigenvalue weighted by atomic mass is 10.1. The third-order valence-electron chi connectivity index (χ3n) is 3.61. The normalized spacial score (nSPS) is 10.4. The molecule has 0 aliphatic rings. The van der Waals surface area contributed by atoms with E-state index in [2.05, 4.69) is 20.8 Å². The van der Waals surface area contributed by atoms with E-state index >= 15 is 0 Å². The van der Waals surface area contributed by atoms with Crippen molar-refractivity contribution in [3.8, 4) is 0 Å². The minimum absolute atomic E-state index is 0.223. The van der Waals surface area contributed by atoms with Gasteiger partial charge < -0.3 is 10.6 Å². The molecule has 2 N–H and O–H groups in total. The highest BCUT2D eigenvalue weighted by Crippen LogP contribution is 2.18. The summed E-state index contributed by atoms with van der Waals surface area (Å²) in [6.07, 6.45) is 0.605. The molecule has 7 heteroatoms. The summed E-state index contributed by atoms with van der Waals surface area (Å²) in [5, 5.41) is 14.4. The Morgan fingerprint density at radius 2 is 1.85 bits per heavy atom. The molecule has 1 aromatic heterocycles. The van der Waals surface area contributed by atoms with Crippen molar-refractivity contribution in [3.63, 3.8) is 0 Å². The number of nitrogens with one attached hydrogen (secondary N) is 2. The van der Waals surface area contributed by atoms with Gasteiger partial charge in [-0.05, 0) is 54.4 Å². The van der Waals surface area contributed by atoms with Gasteiger partial charge >= 0.3 is 0 Å². The van der Waals surface area contributed by atoms with Gasteiger partial charge in [0.05, 0.1) is 0 Å². The van der Waals surface area contributed by atoms with Gasteiger partial charge in [-0.25, -0.2) is 4.39 Å². The van der Waals surface area contributed by atoms with Gasteiger partial charge in [-0.2, -0.15) is 0 Å². The minimum Gasteiger partial charge on any atom is -0.350 e. The zero-order valence-electron chi connectivity index (χ0n) is 13.7. The Bertz CT molecular complexity index is 885. The molecule has 0 bridgehead atoms. The van der Waals surface area contributed by atoms with E-state index in [0.29, 0.717) is 23.8 Å². The summed E-state index contributed by atoms with van der Waals surface area (Å²) in [7, 11) is 0. The summed E-state index contributed by atoms with van der Waals surface area (Å²) in [5.74, 6) is -0.0800. The van der Waals surface area contributed by atoms with Crippen LogP contribution in [0.25, 0.3) is 0 Å². The molecule has 0 fully saturated rings. The zero-order chi connectivity index (χ0) is 18.4. The smallest absolute Gasteiger partial charge is 0.271 e. The number of halogens is 2. The van der Waals surface area contributed by atoms with E-state index in [-0.39, 0.29) is 17.4 Å². The lowest BCUT2D eigenvalue weighted by Gasteiger charge is -2.07. The number of hydrogen-bond acceptors (Lipinski definition) is 4. The van der Waals surface area contributed by atoms with E-state index < -0.39 is 0 Å². The molecule has 2 aromatic carbocycles. The van der Waals surface area contributed by atoms with Crippen LogP contribution in [-0.2, 0) is 6.42 Å². The molecule has 1 amide bonds. The van der Waals surface area contributed by atoms with Crippen LogP contribution in [0.4, 0.5) is 15.9 Å². The molecule has 0 saturated heterocycles. The molecule has 0 radical (unpaired) electrons. The fraction of sp³-hybridized carbons (Fsp3) is 0.105. The van der Waals surface area contributed by atoms with Gasteiger partial charge in [0.15, 0.2) is 11.5 Å². The van der Waals surface area contributed by atoms with Crippen molar-refractivity contribution in [2.45, 2.75) is 6.42 Å². The van der Waals surface area contributed by atoms with Crippen LogP contribution in [0.5, 0.6) is 0 Å². The summed E-state index contributed by atoms with van der Waals surface area (Å²) in [6, 6.07) is 16.6. The fourth-order valence-electron chi connectivity index (χ4n) is 2.30. The van der Waals surface area contributed by atoms with Crippen molar-refractivity contribution in [1.82, 2.24) is 15.5 Å². The minimum atomic E-state index is -0.311. The summed E-state index contributed by atoms with van der Waals surface area (Å²) in [4.78, 5) is 12.1. The summed E-state index contributed by atoms with van der Waals surface area (Å²) in [6.45, 7) is 0.425. The topological polar surface area (TPSA) is 66.9 Å². The lowest BCUT2D eigenvalue weighted by Crippen LogP contribution is -2.26. The maximum Gasteiger partial charge on any atom is 0.271 e. The van der Waals surface area contributed by atoms with Gasteiger partial charge in [0, 0.05) is 17.3 Å². The summed E-state index contributed by atoms with van der Waals surface area (Å²) < 4.78 is 12.9. The van der Waals surface area contributed by atoms with Crippen LogP contribution in [0.2, 0.25) is 5.02 Å². The number of benzene rings is 2. The quantitative estimate of drug-likeness (QED) is 0.688. The predicted octanol–water partition coefficient (Wildman–Crippen LogP) is 3.99. The fourth-order valence-corrected chi connectivity index (χ4v) is 2.49. The van der Waals surface area contributed by atoms with E-state index in [1.807, 2.05) is 12.1 Å². The first kappa shape index (κ1) is 17.8. The SMILES string of the molecule is O=C(NCCc1ccc(F)cc1)c1ccc(Nc2cccc(Cl)c2)nn1. The molecule has 0 spiro atoms. The van der Waals surface area contributed by atoms with Gasteiger partial charge in [-0.3, -0.25) is 4.79 Å². The van der Waals surface area contributed by atoms with Gasteiger partial charge in [-0.15, -0.1) is 10.2 Å². The molecule has 0 saturated carbocycles. The third-order valence-corrected chi connectivity index (χ3v) is 3.84. The van der Waals surface area contributed by atoms with Gasteiger partial charge in [0.25, 0.3) is 5.91 Å². The molecular formula is C19H16ClFN4O. The maximum absolute atomic E-state index is 12.9. The van der Waals surface area contributed by atoms with Crippen LogP contribution in [0.1, 0.15) is 16.1 Å². The van der Waals surface area contributed by atoms with Crippen molar-refractivity contribution in [3.05, 3.63) is 82.8 Å². The second-order valence-electron chi connectivity index (χ2n) is 5.57. The second-order valence-corrected chi connectivity index (χ2v) is 6.01. The number of anilines is 2. The molecule has 132 valence electrons. The highest BCUT2D eigenvalue weighted by atomic mass is 35.5. The Kier molecular flexibility index (Phi) is 5.76. The largest absolute Gasteiger partial charge is 0.350 e. The van der Waals surface area contributed by atoms with Crippen LogP contribution < -0.4 is 10.6 Å². The number of hydrogen-bond donors (Lipinski definition) is 2. The predicted molar refractivity (Wildman–Crippen MR) is 99.2 cm³/mol. The molecule has 5 nitrogen and oxygen atoms in total. The van der Waals surface area contributed by atoms with Crippen molar-refractivity contribution in [2.24, 2.45) is 0 Å². The van der Waals surface area contributed by atoms with Gasteiger partial charge in [0.2, 0.25) is 0 Å². The van der Waals surface area contributed by atoms with E-state index in [1.54, 1.807) is 36.4 Å². The van der Waals surface area contributed by atoms with Crippen LogP contribution >= 0.6 is 11.6 Å². The molecule has 0 unspecified atom stereocenters. The highest BCUT2D eigenvalue weighted by Gasteiger charge is 2.08. The Labute approximate surface area is 155 Å². The van der Waals surface area contributed by atoms with Gasteiger partial charge in [0.1, 0.15) is 5.82 Å². The summed E-state index contributed by atoms with van der Waals surface area (Å²) in [5.41, 5.74) is 1.95. The molecular weight excluding hydrogens is 355 g/mol. The molecule has 0 aliphatic heterocycles. The molecule has 1 heterocycles. The Morgan fingerprint density at radius 1 is 1.04 bits per heavy atom. The van der Waals surface area contributed by atoms with Gasteiger partial charge in [-0.1, -0.05) is 29.8 Å². The number of amides is 1. The van der Waals surface area contributed by atoms with Crippen LogP contribution in [-0.4, -0.2) is 22.6 Å². The van der Waals surface area contributed by atoms with E-state index in [4.69, 9.17) is 11.6 Å². The number of rotatable bonds is 6. The van der Waals surface area contributed by atoms with Crippen LogP contribution in [0, 0.1) is 5.82 Å². The average Bonchev–Trinajstić information content (AvgIpc) is 2.64. The first-order valence-electron chi connectivity index (χ1n) is 7.99. The first-order valence-corrected chi connectivity index (χ1v) is 8.37. The molecule has 3 aromatic rings. The molecule has 0 atom stereocenters. The highest BCUT2D eigenvalue weighted by molar-refractivity contribution is 6.30. The van der Waals surface area contributed by atoms with Crippen molar-refractivity contribution in [2.75, 3.05) is 11.9 Å². The Hall–Kier alpha value is -2.99. The van der Waals surface area contributed by atoms with E-state index in [9.17, 15) is 9.18 Å². The van der Waals surface area contributed by atoms with Crippen molar-refractivity contribution < 1.29 is 9.18 Å². The Balaban J connectivity index is 1.52. The first-order chi connectivity index (χ1) is 12.6. The van der Waals surface area contributed by atoms with E-state index in [0.717, 1.165) is 11.3 Å². The number of aromatic nitrogens is 2.